The zero-order valence-corrected chi connectivity index (χ0v) is 17.8. The number of imidazole rings is 1. The van der Waals surface area contributed by atoms with E-state index in [0.717, 1.165) is 33.5 Å². The van der Waals surface area contributed by atoms with Gasteiger partial charge in [0.05, 0.1) is 17.6 Å². The van der Waals surface area contributed by atoms with Gasteiger partial charge in [0, 0.05) is 19.2 Å². The van der Waals surface area contributed by atoms with Crippen molar-refractivity contribution in [3.63, 3.8) is 0 Å². The zero-order valence-electron chi connectivity index (χ0n) is 16.2. The van der Waals surface area contributed by atoms with E-state index in [2.05, 4.69) is 15.8 Å². The van der Waals surface area contributed by atoms with Crippen LogP contribution in [0.1, 0.15) is 23.1 Å². The fourth-order valence-corrected chi connectivity index (χ4v) is 5.21. The van der Waals surface area contributed by atoms with E-state index in [1.807, 2.05) is 18.4 Å². The molecular formula is C18H21N5O4S2. The molecule has 2 heterocycles. The van der Waals surface area contributed by atoms with E-state index in [0.29, 0.717) is 11.1 Å². The first-order chi connectivity index (χ1) is 13.7. The largest absolute Gasteiger partial charge is 0.329 e. The number of sulfonamides is 1. The summed E-state index contributed by atoms with van der Waals surface area (Å²) >= 11 is 1.07. The Morgan fingerprint density at radius 1 is 1.24 bits per heavy atom. The number of aromatic nitrogens is 2. The fraction of sp³-hybridized carbons (Fsp3) is 0.278. The molecule has 29 heavy (non-hydrogen) atoms. The van der Waals surface area contributed by atoms with Crippen LogP contribution >= 0.6 is 11.3 Å². The van der Waals surface area contributed by atoms with Gasteiger partial charge < -0.3 is 4.57 Å². The Hall–Kier alpha value is -2.76. The number of hydrogen-bond acceptors (Lipinski definition) is 6. The summed E-state index contributed by atoms with van der Waals surface area (Å²) in [5.41, 5.74) is 6.48. The quantitative estimate of drug-likeness (QED) is 0.570. The van der Waals surface area contributed by atoms with E-state index in [1.54, 1.807) is 29.6 Å². The number of thiophene rings is 1. The molecule has 0 atom stereocenters. The number of hydrogen-bond donors (Lipinski definition) is 2. The molecular weight excluding hydrogens is 414 g/mol. The van der Waals surface area contributed by atoms with Gasteiger partial charge in [-0.3, -0.25) is 20.4 Å². The number of likely N-dealkylation sites (N-methyl/N-ethyl adjacent to an activating group) is 1. The molecule has 0 radical (unpaired) electrons. The van der Waals surface area contributed by atoms with Crippen LogP contribution in [0, 0.1) is 6.92 Å². The Labute approximate surface area is 172 Å². The van der Waals surface area contributed by atoms with Gasteiger partial charge in [-0.05, 0) is 43.5 Å². The molecule has 0 saturated carbocycles. The maximum absolute atomic E-state index is 12.3. The van der Waals surface area contributed by atoms with Crippen molar-refractivity contribution in [2.45, 2.75) is 24.6 Å². The number of amides is 2. The van der Waals surface area contributed by atoms with Crippen LogP contribution in [0.5, 0.6) is 0 Å². The molecule has 0 saturated heterocycles. The molecule has 0 spiro atoms. The Kier molecular flexibility index (Phi) is 6.01. The summed E-state index contributed by atoms with van der Waals surface area (Å²) < 4.78 is 27.8. The normalized spacial score (nSPS) is 11.7. The van der Waals surface area contributed by atoms with Gasteiger partial charge in [0.25, 0.3) is 21.8 Å². The van der Waals surface area contributed by atoms with E-state index in [-0.39, 0.29) is 4.21 Å². The Morgan fingerprint density at radius 2 is 2.00 bits per heavy atom. The second-order valence-electron chi connectivity index (χ2n) is 6.30. The molecule has 0 unspecified atom stereocenters. The third-order valence-corrected chi connectivity index (χ3v) is 7.54. The molecule has 2 aromatic heterocycles. The lowest BCUT2D eigenvalue weighted by Crippen LogP contribution is -2.46. The molecule has 0 bridgehead atoms. The maximum atomic E-state index is 12.3. The molecule has 1 aromatic carbocycles. The van der Waals surface area contributed by atoms with Crippen LogP contribution in [0.3, 0.4) is 0 Å². The number of hydrazine groups is 1. The fourth-order valence-electron chi connectivity index (χ4n) is 2.88. The van der Waals surface area contributed by atoms with Crippen molar-refractivity contribution in [3.8, 4) is 0 Å². The first-order valence-electron chi connectivity index (χ1n) is 8.80. The van der Waals surface area contributed by atoms with Crippen molar-refractivity contribution in [2.75, 3.05) is 13.6 Å². The van der Waals surface area contributed by atoms with Crippen LogP contribution in [0.25, 0.3) is 11.0 Å². The second-order valence-corrected chi connectivity index (χ2v) is 9.52. The van der Waals surface area contributed by atoms with Gasteiger partial charge in [-0.15, -0.1) is 11.3 Å². The highest BCUT2D eigenvalue weighted by Gasteiger charge is 2.24. The van der Waals surface area contributed by atoms with Crippen LogP contribution in [0.15, 0.2) is 39.9 Å². The minimum Gasteiger partial charge on any atom is -0.329 e. The molecule has 0 aliphatic carbocycles. The minimum absolute atomic E-state index is 0.145. The van der Waals surface area contributed by atoms with Crippen molar-refractivity contribution < 1.29 is 18.0 Å². The third kappa shape index (κ3) is 4.31. The van der Waals surface area contributed by atoms with E-state index in [1.165, 1.54) is 13.1 Å². The first kappa shape index (κ1) is 21.0. The molecule has 2 amide bonds. The third-order valence-electron chi connectivity index (χ3n) is 4.36. The van der Waals surface area contributed by atoms with Crippen LogP contribution in [0.2, 0.25) is 0 Å². The molecule has 3 aromatic rings. The smallest absolute Gasteiger partial charge is 0.269 e. The molecule has 3 rings (SSSR count). The second kappa shape index (κ2) is 8.31. The number of rotatable bonds is 6. The highest BCUT2D eigenvalue weighted by atomic mass is 32.2. The summed E-state index contributed by atoms with van der Waals surface area (Å²) in [6, 6.07) is 8.17. The van der Waals surface area contributed by atoms with E-state index < -0.39 is 28.4 Å². The van der Waals surface area contributed by atoms with E-state index in [9.17, 15) is 18.0 Å². The average molecular weight is 436 g/mol. The molecule has 154 valence electrons. The van der Waals surface area contributed by atoms with Gasteiger partial charge >= 0.3 is 0 Å². The van der Waals surface area contributed by atoms with Gasteiger partial charge in [-0.2, -0.15) is 4.31 Å². The maximum Gasteiger partial charge on any atom is 0.269 e. The zero-order chi connectivity index (χ0) is 21.2. The lowest BCUT2D eigenvalue weighted by Gasteiger charge is -2.16. The monoisotopic (exact) mass is 435 g/mol. The van der Waals surface area contributed by atoms with Crippen molar-refractivity contribution in [3.05, 3.63) is 47.1 Å². The molecule has 0 fully saturated rings. The van der Waals surface area contributed by atoms with Crippen molar-refractivity contribution in [2.24, 2.45) is 0 Å². The van der Waals surface area contributed by atoms with Gasteiger partial charge in [-0.1, -0.05) is 6.07 Å². The topological polar surface area (TPSA) is 113 Å². The summed E-state index contributed by atoms with van der Waals surface area (Å²) in [5.74, 6) is -0.329. The number of carbonyl (C=O) groups is 2. The summed E-state index contributed by atoms with van der Waals surface area (Å²) in [6.45, 7) is 4.25. The van der Waals surface area contributed by atoms with Crippen LogP contribution in [-0.2, 0) is 21.4 Å². The Morgan fingerprint density at radius 3 is 2.66 bits per heavy atom. The summed E-state index contributed by atoms with van der Waals surface area (Å²) in [5, 5.41) is 1.64. The van der Waals surface area contributed by atoms with Crippen molar-refractivity contribution in [1.82, 2.24) is 24.7 Å². The van der Waals surface area contributed by atoms with Crippen LogP contribution in [-0.4, -0.2) is 47.7 Å². The van der Waals surface area contributed by atoms with E-state index in [4.69, 9.17) is 0 Å². The predicted octanol–water partition coefficient (Wildman–Crippen LogP) is 1.51. The number of carbonyl (C=O) groups excluding carboxylic acids is 2. The summed E-state index contributed by atoms with van der Waals surface area (Å²) in [6.07, 6.45) is 0. The average Bonchev–Trinajstić information content (AvgIpc) is 3.32. The number of nitrogens with one attached hydrogen (secondary N) is 2. The number of nitrogens with zero attached hydrogens (tertiary/aromatic N) is 3. The first-order valence-corrected chi connectivity index (χ1v) is 11.1. The minimum atomic E-state index is -3.74. The summed E-state index contributed by atoms with van der Waals surface area (Å²) in [4.78, 5) is 28.8. The van der Waals surface area contributed by atoms with Gasteiger partial charge in [0.15, 0.2) is 0 Å². The predicted molar refractivity (Wildman–Crippen MR) is 110 cm³/mol. The standard InChI is InChI=1S/C18H21N5O4S2/c1-4-23-12(2)19-14-10-13(7-8-15(14)23)18(25)21-20-16(24)11-22(3)29(26,27)17-6-5-9-28-17/h5-10H,4,11H2,1-3H3,(H,20,24)(H,21,25). The van der Waals surface area contributed by atoms with Crippen molar-refractivity contribution >= 4 is 44.2 Å². The SMILES string of the molecule is CCn1c(C)nc2cc(C(=O)NNC(=O)CN(C)S(=O)(=O)c3cccs3)ccc21. The highest BCUT2D eigenvalue weighted by Crippen LogP contribution is 2.19. The lowest BCUT2D eigenvalue weighted by atomic mass is 10.2. The molecule has 9 nitrogen and oxygen atoms in total. The van der Waals surface area contributed by atoms with Crippen LogP contribution < -0.4 is 10.9 Å². The molecule has 0 aliphatic rings. The van der Waals surface area contributed by atoms with Gasteiger partial charge in [-0.25, -0.2) is 13.4 Å². The van der Waals surface area contributed by atoms with Gasteiger partial charge in [0.2, 0.25) is 0 Å². The number of fused-ring (bicyclic) bond motifs is 1. The Balaban J connectivity index is 1.61. The summed E-state index contributed by atoms with van der Waals surface area (Å²) in [7, 11) is -2.44. The number of aryl methyl sites for hydroxylation is 2. The molecule has 0 aliphatic heterocycles. The molecule has 2 N–H and O–H groups in total. The highest BCUT2D eigenvalue weighted by molar-refractivity contribution is 7.91. The van der Waals surface area contributed by atoms with Crippen LogP contribution in [0.4, 0.5) is 0 Å². The van der Waals surface area contributed by atoms with E-state index >= 15 is 0 Å². The lowest BCUT2D eigenvalue weighted by molar-refractivity contribution is -0.121. The van der Waals surface area contributed by atoms with Gasteiger partial charge in [0.1, 0.15) is 10.0 Å². The Bertz CT molecular complexity index is 1150. The number of benzene rings is 1. The van der Waals surface area contributed by atoms with Crippen molar-refractivity contribution in [1.29, 1.82) is 0 Å². The molecule has 11 heteroatoms.